The summed E-state index contributed by atoms with van der Waals surface area (Å²) in [7, 11) is 0. The smallest absolute Gasteiger partial charge is 0.128 e. The molecule has 0 spiro atoms. The summed E-state index contributed by atoms with van der Waals surface area (Å²) in [5.41, 5.74) is 6.30. The Kier molecular flexibility index (Phi) is 4.34. The van der Waals surface area contributed by atoms with Crippen LogP contribution in [0, 0.1) is 19.7 Å². The van der Waals surface area contributed by atoms with Crippen molar-refractivity contribution in [3.05, 3.63) is 68.9 Å². The second-order valence-electron chi connectivity index (χ2n) is 4.63. The SMILES string of the molecule is Cc1ccc(F)c(C(NN)c2ccc(Br)cc2C)c1. The van der Waals surface area contributed by atoms with Crippen molar-refractivity contribution in [3.63, 3.8) is 0 Å². The van der Waals surface area contributed by atoms with E-state index in [2.05, 4.69) is 21.4 Å². The molecule has 100 valence electrons. The summed E-state index contributed by atoms with van der Waals surface area (Å²) in [5.74, 6) is 5.38. The Labute approximate surface area is 120 Å². The first kappa shape index (κ1) is 14.2. The molecule has 0 aromatic heterocycles. The van der Waals surface area contributed by atoms with E-state index in [4.69, 9.17) is 5.84 Å². The third kappa shape index (κ3) is 3.03. The molecule has 0 aliphatic carbocycles. The highest BCUT2D eigenvalue weighted by Gasteiger charge is 2.18. The quantitative estimate of drug-likeness (QED) is 0.667. The summed E-state index contributed by atoms with van der Waals surface area (Å²) < 4.78 is 15.0. The lowest BCUT2D eigenvalue weighted by Gasteiger charge is -2.20. The van der Waals surface area contributed by atoms with Gasteiger partial charge in [0, 0.05) is 10.0 Å². The molecule has 0 aliphatic heterocycles. The lowest BCUT2D eigenvalue weighted by molar-refractivity contribution is 0.558. The van der Waals surface area contributed by atoms with Crippen LogP contribution in [-0.4, -0.2) is 0 Å². The molecule has 2 nitrogen and oxygen atoms in total. The van der Waals surface area contributed by atoms with Crippen molar-refractivity contribution in [1.82, 2.24) is 5.43 Å². The molecular weight excluding hydrogens is 307 g/mol. The summed E-state index contributed by atoms with van der Waals surface area (Å²) in [6, 6.07) is 10.6. The molecule has 1 atom stereocenters. The third-order valence-corrected chi connectivity index (χ3v) is 3.67. The van der Waals surface area contributed by atoms with Gasteiger partial charge in [0.05, 0.1) is 6.04 Å². The molecule has 0 heterocycles. The molecule has 0 saturated heterocycles. The van der Waals surface area contributed by atoms with Gasteiger partial charge in [-0.15, -0.1) is 0 Å². The van der Waals surface area contributed by atoms with E-state index < -0.39 is 0 Å². The number of aryl methyl sites for hydroxylation is 2. The predicted octanol–water partition coefficient (Wildman–Crippen LogP) is 3.76. The molecular formula is C15H16BrFN2. The van der Waals surface area contributed by atoms with Crippen LogP contribution in [0.4, 0.5) is 4.39 Å². The maximum absolute atomic E-state index is 14.0. The number of hydrogen-bond donors (Lipinski definition) is 2. The number of hydrazine groups is 1. The Bertz CT molecular complexity index is 599. The predicted molar refractivity (Wildman–Crippen MR) is 79.2 cm³/mol. The lowest BCUT2D eigenvalue weighted by atomic mass is 9.94. The zero-order valence-corrected chi connectivity index (χ0v) is 12.5. The van der Waals surface area contributed by atoms with Crippen LogP contribution in [0.2, 0.25) is 0 Å². The number of nitrogens with two attached hydrogens (primary N) is 1. The standard InChI is InChI=1S/C15H16BrFN2/c1-9-3-6-14(17)13(7-9)15(19-18)12-5-4-11(16)8-10(12)2/h3-8,15,19H,18H2,1-2H3. The van der Waals surface area contributed by atoms with Gasteiger partial charge >= 0.3 is 0 Å². The fraction of sp³-hybridized carbons (Fsp3) is 0.200. The molecule has 3 N–H and O–H groups in total. The van der Waals surface area contributed by atoms with Crippen LogP contribution in [0.25, 0.3) is 0 Å². The highest BCUT2D eigenvalue weighted by atomic mass is 79.9. The molecule has 0 bridgehead atoms. The molecule has 0 radical (unpaired) electrons. The van der Waals surface area contributed by atoms with Gasteiger partial charge in [-0.25, -0.2) is 9.82 Å². The van der Waals surface area contributed by atoms with E-state index in [9.17, 15) is 4.39 Å². The van der Waals surface area contributed by atoms with Crippen LogP contribution in [0.15, 0.2) is 40.9 Å². The average molecular weight is 323 g/mol. The van der Waals surface area contributed by atoms with Gasteiger partial charge in [0.15, 0.2) is 0 Å². The van der Waals surface area contributed by atoms with E-state index in [0.29, 0.717) is 5.56 Å². The summed E-state index contributed by atoms with van der Waals surface area (Å²) in [6.07, 6.45) is 0. The van der Waals surface area contributed by atoms with E-state index in [1.165, 1.54) is 6.07 Å². The first-order valence-electron chi connectivity index (χ1n) is 6.01. The Morgan fingerprint density at radius 2 is 1.84 bits per heavy atom. The van der Waals surface area contributed by atoms with Crippen LogP contribution >= 0.6 is 15.9 Å². The number of nitrogens with one attached hydrogen (secondary N) is 1. The van der Waals surface area contributed by atoms with Crippen molar-refractivity contribution in [1.29, 1.82) is 0 Å². The van der Waals surface area contributed by atoms with Crippen molar-refractivity contribution in [2.24, 2.45) is 5.84 Å². The van der Waals surface area contributed by atoms with Crippen molar-refractivity contribution < 1.29 is 4.39 Å². The maximum atomic E-state index is 14.0. The molecule has 2 rings (SSSR count). The first-order chi connectivity index (χ1) is 9.02. The summed E-state index contributed by atoms with van der Waals surface area (Å²) in [6.45, 7) is 3.92. The summed E-state index contributed by atoms with van der Waals surface area (Å²) in [4.78, 5) is 0. The Morgan fingerprint density at radius 1 is 1.11 bits per heavy atom. The van der Waals surface area contributed by atoms with E-state index in [-0.39, 0.29) is 11.9 Å². The van der Waals surface area contributed by atoms with Crippen molar-refractivity contribution in [2.75, 3.05) is 0 Å². The third-order valence-electron chi connectivity index (χ3n) is 3.17. The largest absolute Gasteiger partial charge is 0.271 e. The zero-order chi connectivity index (χ0) is 14.0. The summed E-state index contributed by atoms with van der Waals surface area (Å²) in [5, 5.41) is 0. The van der Waals surface area contributed by atoms with Gasteiger partial charge in [0.2, 0.25) is 0 Å². The van der Waals surface area contributed by atoms with Crippen molar-refractivity contribution in [2.45, 2.75) is 19.9 Å². The van der Waals surface area contributed by atoms with Gasteiger partial charge in [0.25, 0.3) is 0 Å². The number of rotatable bonds is 3. The van der Waals surface area contributed by atoms with Crippen LogP contribution in [-0.2, 0) is 0 Å². The molecule has 4 heteroatoms. The zero-order valence-electron chi connectivity index (χ0n) is 10.9. The minimum Gasteiger partial charge on any atom is -0.271 e. The Balaban J connectivity index is 2.52. The molecule has 19 heavy (non-hydrogen) atoms. The number of halogens is 2. The monoisotopic (exact) mass is 322 g/mol. The van der Waals surface area contributed by atoms with Gasteiger partial charge in [-0.1, -0.05) is 39.7 Å². The van der Waals surface area contributed by atoms with Gasteiger partial charge < -0.3 is 0 Å². The maximum Gasteiger partial charge on any atom is 0.128 e. The van der Waals surface area contributed by atoms with Crippen LogP contribution in [0.1, 0.15) is 28.3 Å². The van der Waals surface area contributed by atoms with Crippen LogP contribution in [0.5, 0.6) is 0 Å². The molecule has 2 aromatic rings. The normalized spacial score (nSPS) is 12.5. The van der Waals surface area contributed by atoms with E-state index >= 15 is 0 Å². The van der Waals surface area contributed by atoms with Crippen molar-refractivity contribution >= 4 is 15.9 Å². The second-order valence-corrected chi connectivity index (χ2v) is 5.54. The fourth-order valence-electron chi connectivity index (χ4n) is 2.19. The highest BCUT2D eigenvalue weighted by Crippen LogP contribution is 2.28. The topological polar surface area (TPSA) is 38.0 Å². The van der Waals surface area contributed by atoms with Crippen molar-refractivity contribution in [3.8, 4) is 0 Å². The number of benzene rings is 2. The molecule has 0 aliphatic rings. The molecule has 1 unspecified atom stereocenters. The highest BCUT2D eigenvalue weighted by molar-refractivity contribution is 9.10. The minimum atomic E-state index is -0.354. The molecule has 0 saturated carbocycles. The van der Waals surface area contributed by atoms with E-state index in [0.717, 1.165) is 21.2 Å². The van der Waals surface area contributed by atoms with Gasteiger partial charge in [0.1, 0.15) is 5.82 Å². The first-order valence-corrected chi connectivity index (χ1v) is 6.80. The van der Waals surface area contributed by atoms with Crippen LogP contribution in [0.3, 0.4) is 0 Å². The van der Waals surface area contributed by atoms with Gasteiger partial charge in [-0.05, 0) is 43.2 Å². The Morgan fingerprint density at radius 3 is 2.47 bits per heavy atom. The summed E-state index contributed by atoms with van der Waals surface area (Å²) >= 11 is 3.42. The average Bonchev–Trinajstić information content (AvgIpc) is 2.36. The second kappa shape index (κ2) is 5.82. The fourth-order valence-corrected chi connectivity index (χ4v) is 2.67. The van der Waals surface area contributed by atoms with Gasteiger partial charge in [-0.3, -0.25) is 5.84 Å². The van der Waals surface area contributed by atoms with Gasteiger partial charge in [-0.2, -0.15) is 0 Å². The molecule has 0 fully saturated rings. The van der Waals surface area contributed by atoms with E-state index in [1.807, 2.05) is 38.1 Å². The van der Waals surface area contributed by atoms with Crippen LogP contribution < -0.4 is 11.3 Å². The number of hydrogen-bond acceptors (Lipinski definition) is 2. The lowest BCUT2D eigenvalue weighted by Crippen LogP contribution is -2.30. The Hall–Kier alpha value is -1.23. The molecule has 0 amide bonds. The van der Waals surface area contributed by atoms with E-state index in [1.54, 1.807) is 6.07 Å². The minimum absolute atomic E-state index is 0.254. The molecule has 2 aromatic carbocycles.